The Kier molecular flexibility index (Phi) is 8.11. The molecule has 0 spiro atoms. The molecule has 2 atom stereocenters. The van der Waals surface area contributed by atoms with Gasteiger partial charge in [-0.2, -0.15) is 0 Å². The molecule has 0 aliphatic rings. The Morgan fingerprint density at radius 2 is 1.89 bits per heavy atom. The third kappa shape index (κ3) is 6.44. The number of aliphatic carboxylic acids is 1. The number of carboxylic acid groups (broad SMARTS) is 1. The summed E-state index contributed by atoms with van der Waals surface area (Å²) in [6.45, 7) is 5.92. The Balaban J connectivity index is 4.32. The van der Waals surface area contributed by atoms with Crippen LogP contribution in [0.15, 0.2) is 0 Å². The number of urea groups is 1. The lowest BCUT2D eigenvalue weighted by molar-refractivity contribution is -0.140. The van der Waals surface area contributed by atoms with E-state index in [2.05, 4.69) is 10.6 Å². The Labute approximate surface area is 108 Å². The van der Waals surface area contributed by atoms with E-state index < -0.39 is 18.0 Å². The Morgan fingerprint density at radius 1 is 1.28 bits per heavy atom. The number of hydrogen-bond acceptors (Lipinski definition) is 3. The smallest absolute Gasteiger partial charge is 0.326 e. The molecule has 0 aromatic carbocycles. The van der Waals surface area contributed by atoms with Crippen LogP contribution in [0.1, 0.15) is 33.6 Å². The van der Waals surface area contributed by atoms with Crippen LogP contribution in [0, 0.1) is 5.92 Å². The molecule has 0 aromatic rings. The molecule has 0 aromatic heterocycles. The van der Waals surface area contributed by atoms with Crippen molar-refractivity contribution in [2.24, 2.45) is 5.92 Å². The normalized spacial score (nSPS) is 14.1. The van der Waals surface area contributed by atoms with Crippen molar-refractivity contribution in [3.63, 3.8) is 0 Å². The molecule has 0 saturated heterocycles. The van der Waals surface area contributed by atoms with Gasteiger partial charge < -0.3 is 20.5 Å². The Hall–Kier alpha value is -1.30. The van der Waals surface area contributed by atoms with Crippen LogP contribution >= 0.6 is 0 Å². The molecule has 3 N–H and O–H groups in total. The zero-order valence-corrected chi connectivity index (χ0v) is 11.5. The van der Waals surface area contributed by atoms with Gasteiger partial charge in [0.15, 0.2) is 0 Å². The van der Waals surface area contributed by atoms with Gasteiger partial charge in [0.25, 0.3) is 0 Å². The molecular formula is C12H24N2O4. The maximum atomic E-state index is 11.7. The van der Waals surface area contributed by atoms with E-state index in [9.17, 15) is 9.59 Å². The molecule has 0 bridgehead atoms. The summed E-state index contributed by atoms with van der Waals surface area (Å²) in [6.07, 6.45) is 1.71. The van der Waals surface area contributed by atoms with E-state index in [1.165, 1.54) is 0 Å². The van der Waals surface area contributed by atoms with E-state index in [1.54, 1.807) is 21.0 Å². The molecule has 6 nitrogen and oxygen atoms in total. The SMILES string of the molecule is CCCC(COC)NC(=O)N[C@@H](C(=O)O)C(C)C. The molecule has 0 radical (unpaired) electrons. The van der Waals surface area contributed by atoms with Crippen molar-refractivity contribution in [2.75, 3.05) is 13.7 Å². The predicted octanol–water partition coefficient (Wildman–Crippen LogP) is 1.21. The first-order valence-electron chi connectivity index (χ1n) is 6.21. The number of carbonyl (C=O) groups is 2. The highest BCUT2D eigenvalue weighted by atomic mass is 16.5. The molecule has 106 valence electrons. The third-order valence-electron chi connectivity index (χ3n) is 2.56. The fourth-order valence-corrected chi connectivity index (χ4v) is 1.63. The highest BCUT2D eigenvalue weighted by Gasteiger charge is 2.24. The summed E-state index contributed by atoms with van der Waals surface area (Å²) < 4.78 is 5.00. The van der Waals surface area contributed by atoms with Gasteiger partial charge in [-0.1, -0.05) is 27.2 Å². The average molecular weight is 260 g/mol. The lowest BCUT2D eigenvalue weighted by Gasteiger charge is -2.22. The summed E-state index contributed by atoms with van der Waals surface area (Å²) in [5, 5.41) is 14.1. The summed E-state index contributed by atoms with van der Waals surface area (Å²) >= 11 is 0. The average Bonchev–Trinajstić information content (AvgIpc) is 2.25. The minimum absolute atomic E-state index is 0.0957. The van der Waals surface area contributed by atoms with E-state index >= 15 is 0 Å². The predicted molar refractivity (Wildman–Crippen MR) is 68.5 cm³/mol. The summed E-state index contributed by atoms with van der Waals surface area (Å²) in [5.41, 5.74) is 0. The van der Waals surface area contributed by atoms with Crippen LogP contribution in [0.4, 0.5) is 4.79 Å². The lowest BCUT2D eigenvalue weighted by Crippen LogP contribution is -2.51. The van der Waals surface area contributed by atoms with Crippen LogP contribution in [0.2, 0.25) is 0 Å². The van der Waals surface area contributed by atoms with E-state index in [4.69, 9.17) is 9.84 Å². The van der Waals surface area contributed by atoms with Gasteiger partial charge in [0, 0.05) is 7.11 Å². The van der Waals surface area contributed by atoms with Crippen molar-refractivity contribution in [1.29, 1.82) is 0 Å². The van der Waals surface area contributed by atoms with Crippen molar-refractivity contribution >= 4 is 12.0 Å². The lowest BCUT2D eigenvalue weighted by atomic mass is 10.1. The second-order valence-corrected chi connectivity index (χ2v) is 4.62. The van der Waals surface area contributed by atoms with Crippen molar-refractivity contribution in [3.8, 4) is 0 Å². The van der Waals surface area contributed by atoms with E-state index in [-0.39, 0.29) is 12.0 Å². The molecule has 0 aliphatic heterocycles. The largest absolute Gasteiger partial charge is 0.480 e. The number of amides is 2. The fraction of sp³-hybridized carbons (Fsp3) is 0.833. The third-order valence-corrected chi connectivity index (χ3v) is 2.56. The van der Waals surface area contributed by atoms with Gasteiger partial charge in [0.1, 0.15) is 6.04 Å². The van der Waals surface area contributed by atoms with Gasteiger partial charge in [-0.15, -0.1) is 0 Å². The number of carboxylic acids is 1. The van der Waals surface area contributed by atoms with Crippen LogP contribution in [0.5, 0.6) is 0 Å². The van der Waals surface area contributed by atoms with Crippen LogP contribution in [-0.4, -0.2) is 42.9 Å². The van der Waals surface area contributed by atoms with Gasteiger partial charge in [0.2, 0.25) is 0 Å². The summed E-state index contributed by atoms with van der Waals surface area (Å²) in [7, 11) is 1.57. The first kappa shape index (κ1) is 16.7. The second-order valence-electron chi connectivity index (χ2n) is 4.62. The minimum Gasteiger partial charge on any atom is -0.480 e. The van der Waals surface area contributed by atoms with Gasteiger partial charge in [-0.25, -0.2) is 9.59 Å². The summed E-state index contributed by atoms with van der Waals surface area (Å²) in [5.74, 6) is -1.20. The number of hydrogen-bond donors (Lipinski definition) is 3. The number of methoxy groups -OCH3 is 1. The van der Waals surface area contributed by atoms with Gasteiger partial charge in [-0.05, 0) is 12.3 Å². The standard InChI is InChI=1S/C12H24N2O4/c1-5-6-9(7-18-4)13-12(17)14-10(8(2)3)11(15)16/h8-10H,5-7H2,1-4H3,(H,15,16)(H2,13,14,17)/t9?,10-/m1/s1. The molecule has 18 heavy (non-hydrogen) atoms. The maximum Gasteiger partial charge on any atom is 0.326 e. The van der Waals surface area contributed by atoms with E-state index in [0.717, 1.165) is 12.8 Å². The number of nitrogens with one attached hydrogen (secondary N) is 2. The highest BCUT2D eigenvalue weighted by Crippen LogP contribution is 2.02. The molecular weight excluding hydrogens is 236 g/mol. The Bertz CT molecular complexity index is 263. The van der Waals surface area contributed by atoms with Gasteiger partial charge in [-0.3, -0.25) is 0 Å². The zero-order valence-electron chi connectivity index (χ0n) is 11.5. The van der Waals surface area contributed by atoms with E-state index in [1.807, 2.05) is 6.92 Å². The van der Waals surface area contributed by atoms with Crippen LogP contribution < -0.4 is 10.6 Å². The molecule has 0 fully saturated rings. The van der Waals surface area contributed by atoms with Gasteiger partial charge in [0.05, 0.1) is 12.6 Å². The highest BCUT2D eigenvalue weighted by molar-refractivity contribution is 5.82. The van der Waals surface area contributed by atoms with Crippen LogP contribution in [-0.2, 0) is 9.53 Å². The monoisotopic (exact) mass is 260 g/mol. The first-order chi connectivity index (χ1) is 8.42. The quantitative estimate of drug-likeness (QED) is 0.612. The molecule has 6 heteroatoms. The van der Waals surface area contributed by atoms with Crippen molar-refractivity contribution in [3.05, 3.63) is 0 Å². The molecule has 0 aliphatic carbocycles. The summed E-state index contributed by atoms with van der Waals surface area (Å²) in [6, 6.07) is -1.44. The fourth-order valence-electron chi connectivity index (χ4n) is 1.63. The molecule has 0 heterocycles. The molecule has 0 saturated carbocycles. The minimum atomic E-state index is -1.03. The topological polar surface area (TPSA) is 87.7 Å². The first-order valence-corrected chi connectivity index (χ1v) is 6.21. The van der Waals surface area contributed by atoms with E-state index in [0.29, 0.717) is 6.61 Å². The van der Waals surface area contributed by atoms with Gasteiger partial charge >= 0.3 is 12.0 Å². The van der Waals surface area contributed by atoms with Crippen molar-refractivity contribution in [1.82, 2.24) is 10.6 Å². The molecule has 0 rings (SSSR count). The number of carbonyl (C=O) groups excluding carboxylic acids is 1. The zero-order chi connectivity index (χ0) is 14.1. The second kappa shape index (κ2) is 8.74. The van der Waals surface area contributed by atoms with Crippen molar-refractivity contribution < 1.29 is 19.4 Å². The number of ether oxygens (including phenoxy) is 1. The molecule has 2 amide bonds. The van der Waals surface area contributed by atoms with Crippen LogP contribution in [0.3, 0.4) is 0 Å². The number of rotatable bonds is 8. The van der Waals surface area contributed by atoms with Crippen molar-refractivity contribution in [2.45, 2.75) is 45.7 Å². The molecule has 1 unspecified atom stereocenters. The van der Waals surface area contributed by atoms with Crippen LogP contribution in [0.25, 0.3) is 0 Å². The summed E-state index contributed by atoms with van der Waals surface area (Å²) in [4.78, 5) is 22.6. The Morgan fingerprint density at radius 3 is 2.28 bits per heavy atom. The maximum absolute atomic E-state index is 11.7.